The number of hydrogen-bond donors (Lipinski definition) is 2. The van der Waals surface area contributed by atoms with Crippen LogP contribution in [-0.4, -0.2) is 81.5 Å². The number of alkyl halides is 1. The van der Waals surface area contributed by atoms with E-state index in [2.05, 4.69) is 27.0 Å². The molecular formula is C34H34F3N7O2. The number of fused-ring (bicyclic) bond motifs is 4. The van der Waals surface area contributed by atoms with Crippen LogP contribution in [0.1, 0.15) is 50.3 Å². The van der Waals surface area contributed by atoms with Gasteiger partial charge in [0.1, 0.15) is 47.4 Å². The SMILES string of the molecule is C[C@@H]1NCCN2c3nc(OC[C@@]45CCCN4C[C@H](F)C5)nc4c(F)c(-c5cc(O)cc6ccc(F)c(C#N)c56)nc(c34)CCC[C@H]12. The summed E-state index contributed by atoms with van der Waals surface area (Å²) < 4.78 is 52.7. The second-order valence-corrected chi connectivity index (χ2v) is 13.2. The van der Waals surface area contributed by atoms with Gasteiger partial charge in [0.2, 0.25) is 0 Å². The third-order valence-electron chi connectivity index (χ3n) is 10.5. The molecule has 8 rings (SSSR count). The largest absolute Gasteiger partial charge is 0.508 e. The van der Waals surface area contributed by atoms with E-state index in [0.717, 1.165) is 44.8 Å². The number of nitrogens with one attached hydrogen (secondary N) is 1. The van der Waals surface area contributed by atoms with E-state index in [1.807, 2.05) is 6.07 Å². The van der Waals surface area contributed by atoms with Gasteiger partial charge in [0.05, 0.1) is 22.2 Å². The molecule has 9 nitrogen and oxygen atoms in total. The summed E-state index contributed by atoms with van der Waals surface area (Å²) in [7, 11) is 0. The summed E-state index contributed by atoms with van der Waals surface area (Å²) in [5.74, 6) is -1.15. The zero-order valence-corrected chi connectivity index (χ0v) is 25.5. The van der Waals surface area contributed by atoms with Crippen molar-refractivity contribution in [2.75, 3.05) is 37.7 Å². The molecule has 6 heterocycles. The molecule has 4 aliphatic rings. The van der Waals surface area contributed by atoms with Crippen molar-refractivity contribution in [1.29, 1.82) is 5.26 Å². The molecule has 4 aromatic rings. The van der Waals surface area contributed by atoms with Crippen LogP contribution in [0.15, 0.2) is 24.3 Å². The minimum atomic E-state index is -0.924. The number of ether oxygens (including phenoxy) is 1. The first kappa shape index (κ1) is 29.2. The van der Waals surface area contributed by atoms with Crippen LogP contribution in [0.25, 0.3) is 32.9 Å². The highest BCUT2D eigenvalue weighted by molar-refractivity contribution is 6.03. The maximum atomic E-state index is 17.0. The number of aromatic nitrogens is 3. The van der Waals surface area contributed by atoms with E-state index in [1.54, 1.807) is 0 Å². The molecule has 2 aromatic carbocycles. The third-order valence-corrected chi connectivity index (χ3v) is 10.5. The van der Waals surface area contributed by atoms with Crippen molar-refractivity contribution in [1.82, 2.24) is 25.2 Å². The van der Waals surface area contributed by atoms with Gasteiger partial charge in [-0.1, -0.05) is 6.07 Å². The van der Waals surface area contributed by atoms with Gasteiger partial charge in [0, 0.05) is 49.1 Å². The van der Waals surface area contributed by atoms with Gasteiger partial charge in [-0.3, -0.25) is 4.90 Å². The van der Waals surface area contributed by atoms with Gasteiger partial charge in [0.25, 0.3) is 0 Å². The number of piperazine rings is 1. The molecule has 238 valence electrons. The van der Waals surface area contributed by atoms with E-state index in [1.165, 1.54) is 18.2 Å². The Labute approximate surface area is 264 Å². The maximum absolute atomic E-state index is 17.0. The number of aromatic hydroxyl groups is 1. The van der Waals surface area contributed by atoms with Gasteiger partial charge >= 0.3 is 6.01 Å². The van der Waals surface area contributed by atoms with Gasteiger partial charge in [0.15, 0.2) is 5.82 Å². The second kappa shape index (κ2) is 11.0. The van der Waals surface area contributed by atoms with E-state index in [-0.39, 0.29) is 58.2 Å². The summed E-state index contributed by atoms with van der Waals surface area (Å²) in [6.45, 7) is 4.88. The van der Waals surface area contributed by atoms with Crippen LogP contribution >= 0.6 is 0 Å². The summed E-state index contributed by atoms with van der Waals surface area (Å²) in [5.41, 5.74) is -0.149. The summed E-state index contributed by atoms with van der Waals surface area (Å²) >= 11 is 0. The van der Waals surface area contributed by atoms with Gasteiger partial charge in [-0.25, -0.2) is 18.2 Å². The molecule has 2 aromatic heterocycles. The topological polar surface area (TPSA) is 110 Å². The smallest absolute Gasteiger partial charge is 0.319 e. The number of aryl methyl sites for hydroxylation is 1. The first-order valence-electron chi connectivity index (χ1n) is 16.0. The number of rotatable bonds is 4. The molecule has 0 unspecified atom stereocenters. The number of nitriles is 1. The van der Waals surface area contributed by atoms with Crippen molar-refractivity contribution in [3.8, 4) is 29.1 Å². The highest BCUT2D eigenvalue weighted by Gasteiger charge is 2.49. The minimum absolute atomic E-state index is 0.00284. The van der Waals surface area contributed by atoms with Gasteiger partial charge < -0.3 is 20.1 Å². The fourth-order valence-electron chi connectivity index (χ4n) is 8.34. The predicted octanol–water partition coefficient (Wildman–Crippen LogP) is 5.16. The molecule has 46 heavy (non-hydrogen) atoms. The van der Waals surface area contributed by atoms with Crippen LogP contribution < -0.4 is 15.0 Å². The Bertz CT molecular complexity index is 1930. The summed E-state index contributed by atoms with van der Waals surface area (Å²) in [6, 6.07) is 7.51. The number of nitrogens with zero attached hydrogens (tertiary/aromatic N) is 6. The monoisotopic (exact) mass is 629 g/mol. The van der Waals surface area contributed by atoms with Crippen molar-refractivity contribution < 1.29 is 23.0 Å². The molecule has 0 aliphatic carbocycles. The number of phenolic OH excluding ortho intramolecular Hbond substituents is 1. The standard InChI is InChI=1S/C34H34F3N7O2/c1-18-26-5-2-4-25-28-31(29(37)30(40-25)22-13-21(45)12-19-6-7-24(36)23(15-38)27(19)22)41-33(42-32(28)44(26)11-9-39-18)46-17-34-8-3-10-43(34)16-20(35)14-34/h6-7,12-13,18,20,26,39,45H,2-5,8-11,14,16-17H2,1H3/t18-,20+,26+,34-/m0/s1. The molecule has 2 N–H and O–H groups in total. The van der Waals surface area contributed by atoms with E-state index in [0.29, 0.717) is 48.2 Å². The Morgan fingerprint density at radius 1 is 1.15 bits per heavy atom. The first-order chi connectivity index (χ1) is 22.3. The molecule has 0 amide bonds. The van der Waals surface area contributed by atoms with Gasteiger partial charge in [-0.15, -0.1) is 0 Å². The fourth-order valence-corrected chi connectivity index (χ4v) is 8.34. The van der Waals surface area contributed by atoms with Crippen LogP contribution in [0.4, 0.5) is 19.0 Å². The zero-order chi connectivity index (χ0) is 31.7. The lowest BCUT2D eigenvalue weighted by molar-refractivity contribution is 0.107. The molecule has 3 saturated heterocycles. The zero-order valence-electron chi connectivity index (χ0n) is 25.5. The Balaban J connectivity index is 1.34. The van der Waals surface area contributed by atoms with Crippen molar-refractivity contribution in [2.24, 2.45) is 0 Å². The summed E-state index contributed by atoms with van der Waals surface area (Å²) in [5, 5.41) is 25.1. The van der Waals surface area contributed by atoms with E-state index >= 15 is 4.39 Å². The molecule has 3 fully saturated rings. The van der Waals surface area contributed by atoms with Crippen molar-refractivity contribution in [3.63, 3.8) is 0 Å². The highest BCUT2D eigenvalue weighted by atomic mass is 19.1. The quantitative estimate of drug-likeness (QED) is 0.316. The summed E-state index contributed by atoms with van der Waals surface area (Å²) in [6.07, 6.45) is 3.35. The van der Waals surface area contributed by atoms with E-state index in [4.69, 9.17) is 14.7 Å². The molecule has 4 atom stereocenters. The molecule has 12 heteroatoms. The minimum Gasteiger partial charge on any atom is -0.508 e. The average Bonchev–Trinajstić information content (AvgIpc) is 3.56. The molecule has 4 aliphatic heterocycles. The van der Waals surface area contributed by atoms with Crippen LogP contribution in [-0.2, 0) is 6.42 Å². The average molecular weight is 630 g/mol. The molecule has 0 bridgehead atoms. The van der Waals surface area contributed by atoms with Gasteiger partial charge in [-0.05, 0) is 69.2 Å². The Morgan fingerprint density at radius 3 is 2.87 bits per heavy atom. The van der Waals surface area contributed by atoms with Crippen molar-refractivity contribution in [3.05, 3.63) is 47.2 Å². The van der Waals surface area contributed by atoms with Gasteiger partial charge in [-0.2, -0.15) is 15.2 Å². The lowest BCUT2D eigenvalue weighted by Crippen LogP contribution is -2.57. The highest BCUT2D eigenvalue weighted by Crippen LogP contribution is 2.43. The number of hydrogen-bond acceptors (Lipinski definition) is 9. The second-order valence-electron chi connectivity index (χ2n) is 13.2. The van der Waals surface area contributed by atoms with Crippen LogP contribution in [0.5, 0.6) is 11.8 Å². The molecular weight excluding hydrogens is 595 g/mol. The van der Waals surface area contributed by atoms with Crippen molar-refractivity contribution >= 4 is 27.5 Å². The lowest BCUT2D eigenvalue weighted by atomic mass is 9.93. The number of pyridine rings is 1. The number of benzene rings is 2. The van der Waals surface area contributed by atoms with E-state index in [9.17, 15) is 19.1 Å². The molecule has 0 radical (unpaired) electrons. The fraction of sp³-hybridized carbons (Fsp3) is 0.471. The Hall–Kier alpha value is -4.21. The van der Waals surface area contributed by atoms with E-state index < -0.39 is 23.3 Å². The van der Waals surface area contributed by atoms with Crippen LogP contribution in [0.2, 0.25) is 0 Å². The summed E-state index contributed by atoms with van der Waals surface area (Å²) in [4.78, 5) is 18.7. The third kappa shape index (κ3) is 4.54. The Morgan fingerprint density at radius 2 is 2.02 bits per heavy atom. The van der Waals surface area contributed by atoms with Crippen molar-refractivity contribution in [2.45, 2.75) is 69.2 Å². The lowest BCUT2D eigenvalue weighted by Gasteiger charge is -2.43. The normalized spacial score (nSPS) is 26.1. The number of phenols is 1. The molecule has 0 saturated carbocycles. The van der Waals surface area contributed by atoms with Crippen LogP contribution in [0, 0.1) is 23.0 Å². The number of anilines is 1. The first-order valence-corrected chi connectivity index (χ1v) is 16.0. The Kier molecular flexibility index (Phi) is 6.95. The van der Waals surface area contributed by atoms with Crippen LogP contribution in [0.3, 0.4) is 0 Å². The molecule has 0 spiro atoms. The predicted molar refractivity (Wildman–Crippen MR) is 167 cm³/mol. The maximum Gasteiger partial charge on any atom is 0.319 e. The number of halogens is 3.